The molecule has 0 fully saturated rings. The Morgan fingerprint density at radius 3 is 1.62 bits per heavy atom. The molecule has 0 saturated carbocycles. The zero-order chi connectivity index (χ0) is 10.1. The SMILES string of the molecule is C=CC=CC(C)OC(C)C=CC=C. The van der Waals surface area contributed by atoms with E-state index in [2.05, 4.69) is 13.2 Å². The Morgan fingerprint density at radius 2 is 1.31 bits per heavy atom. The molecule has 1 heteroatoms. The van der Waals surface area contributed by atoms with Crippen molar-refractivity contribution in [1.29, 1.82) is 0 Å². The van der Waals surface area contributed by atoms with Crippen LogP contribution in [-0.2, 0) is 4.74 Å². The Labute approximate surface area is 81.1 Å². The molecule has 0 amide bonds. The van der Waals surface area contributed by atoms with Crippen molar-refractivity contribution in [2.45, 2.75) is 26.1 Å². The van der Waals surface area contributed by atoms with Crippen molar-refractivity contribution in [2.24, 2.45) is 0 Å². The Bertz CT molecular complexity index is 179. The van der Waals surface area contributed by atoms with E-state index in [0.29, 0.717) is 0 Å². The van der Waals surface area contributed by atoms with Crippen LogP contribution in [0.2, 0.25) is 0 Å². The van der Waals surface area contributed by atoms with Crippen LogP contribution in [-0.4, -0.2) is 12.2 Å². The number of hydrogen-bond acceptors (Lipinski definition) is 1. The molecule has 1 nitrogen and oxygen atoms in total. The molecule has 0 aliphatic rings. The Hall–Kier alpha value is -1.08. The zero-order valence-corrected chi connectivity index (χ0v) is 8.44. The van der Waals surface area contributed by atoms with E-state index in [1.807, 2.05) is 38.2 Å². The maximum atomic E-state index is 5.59. The minimum Gasteiger partial charge on any atom is -0.367 e. The molecule has 0 N–H and O–H groups in total. The molecule has 0 radical (unpaired) electrons. The van der Waals surface area contributed by atoms with Gasteiger partial charge in [-0.3, -0.25) is 0 Å². The van der Waals surface area contributed by atoms with Crippen molar-refractivity contribution in [3.63, 3.8) is 0 Å². The second-order valence-electron chi connectivity index (χ2n) is 2.79. The van der Waals surface area contributed by atoms with Crippen LogP contribution in [0.3, 0.4) is 0 Å². The van der Waals surface area contributed by atoms with E-state index >= 15 is 0 Å². The molecule has 0 aromatic rings. The van der Waals surface area contributed by atoms with Gasteiger partial charge in [0.05, 0.1) is 12.2 Å². The van der Waals surface area contributed by atoms with Crippen molar-refractivity contribution < 1.29 is 4.74 Å². The average molecular weight is 178 g/mol. The fourth-order valence-corrected chi connectivity index (χ4v) is 0.899. The molecule has 0 aliphatic carbocycles. The van der Waals surface area contributed by atoms with Gasteiger partial charge in [-0.25, -0.2) is 0 Å². The van der Waals surface area contributed by atoms with Crippen molar-refractivity contribution in [1.82, 2.24) is 0 Å². The minimum atomic E-state index is 0.113. The lowest BCUT2D eigenvalue weighted by atomic mass is 10.3. The van der Waals surface area contributed by atoms with Crippen LogP contribution < -0.4 is 0 Å². The summed E-state index contributed by atoms with van der Waals surface area (Å²) in [7, 11) is 0. The molecule has 2 atom stereocenters. The van der Waals surface area contributed by atoms with Crippen LogP contribution in [0.4, 0.5) is 0 Å². The molecule has 13 heavy (non-hydrogen) atoms. The molecule has 0 heterocycles. The van der Waals surface area contributed by atoms with Gasteiger partial charge in [0.15, 0.2) is 0 Å². The van der Waals surface area contributed by atoms with Crippen LogP contribution >= 0.6 is 0 Å². The highest BCUT2D eigenvalue weighted by atomic mass is 16.5. The van der Waals surface area contributed by atoms with Crippen molar-refractivity contribution in [2.75, 3.05) is 0 Å². The van der Waals surface area contributed by atoms with Crippen molar-refractivity contribution in [3.8, 4) is 0 Å². The molecule has 72 valence electrons. The summed E-state index contributed by atoms with van der Waals surface area (Å²) >= 11 is 0. The summed E-state index contributed by atoms with van der Waals surface area (Å²) < 4.78 is 5.59. The summed E-state index contributed by atoms with van der Waals surface area (Å²) in [6, 6.07) is 0. The number of allylic oxidation sites excluding steroid dienone is 4. The first-order valence-electron chi connectivity index (χ1n) is 4.44. The third kappa shape index (κ3) is 7.29. The van der Waals surface area contributed by atoms with Gasteiger partial charge in [-0.2, -0.15) is 0 Å². The molecule has 0 bridgehead atoms. The standard InChI is InChI=1S/C12H18O/c1-5-7-9-11(3)13-12(4)10-8-6-2/h5-12H,1-2H2,3-4H3. The minimum absolute atomic E-state index is 0.113. The van der Waals surface area contributed by atoms with E-state index in [1.54, 1.807) is 12.2 Å². The van der Waals surface area contributed by atoms with Gasteiger partial charge in [-0.15, -0.1) is 0 Å². The second kappa shape index (κ2) is 7.56. The zero-order valence-electron chi connectivity index (χ0n) is 8.44. The van der Waals surface area contributed by atoms with Gasteiger partial charge < -0.3 is 4.74 Å². The van der Waals surface area contributed by atoms with Gasteiger partial charge in [0, 0.05) is 0 Å². The first-order chi connectivity index (χ1) is 6.20. The summed E-state index contributed by atoms with van der Waals surface area (Å²) in [4.78, 5) is 0. The topological polar surface area (TPSA) is 9.23 Å². The van der Waals surface area contributed by atoms with Crippen LogP contribution in [0.15, 0.2) is 49.6 Å². The van der Waals surface area contributed by atoms with E-state index in [1.165, 1.54) is 0 Å². The highest BCUT2D eigenvalue weighted by Gasteiger charge is 2.00. The number of ether oxygens (including phenoxy) is 1. The van der Waals surface area contributed by atoms with Crippen LogP contribution in [0, 0.1) is 0 Å². The molecule has 0 spiro atoms. The molecular formula is C12H18O. The molecule has 0 aliphatic heterocycles. The fourth-order valence-electron chi connectivity index (χ4n) is 0.899. The van der Waals surface area contributed by atoms with Gasteiger partial charge in [0.1, 0.15) is 0 Å². The average Bonchev–Trinajstić information content (AvgIpc) is 2.11. The molecule has 0 rings (SSSR count). The van der Waals surface area contributed by atoms with Crippen molar-refractivity contribution in [3.05, 3.63) is 49.6 Å². The summed E-state index contributed by atoms with van der Waals surface area (Å²) in [6.45, 7) is 11.2. The van der Waals surface area contributed by atoms with Gasteiger partial charge >= 0.3 is 0 Å². The third-order valence-corrected chi connectivity index (χ3v) is 1.47. The highest BCUT2D eigenvalue weighted by molar-refractivity contribution is 5.02. The first-order valence-corrected chi connectivity index (χ1v) is 4.44. The van der Waals surface area contributed by atoms with E-state index < -0.39 is 0 Å². The third-order valence-electron chi connectivity index (χ3n) is 1.47. The highest BCUT2D eigenvalue weighted by Crippen LogP contribution is 2.01. The lowest BCUT2D eigenvalue weighted by Crippen LogP contribution is -2.12. The molecule has 0 aromatic carbocycles. The molecular weight excluding hydrogens is 160 g/mol. The monoisotopic (exact) mass is 178 g/mol. The van der Waals surface area contributed by atoms with Gasteiger partial charge in [-0.1, -0.05) is 49.6 Å². The predicted molar refractivity (Wildman–Crippen MR) is 58.7 cm³/mol. The van der Waals surface area contributed by atoms with Crippen LogP contribution in [0.5, 0.6) is 0 Å². The molecule has 2 unspecified atom stereocenters. The van der Waals surface area contributed by atoms with Gasteiger partial charge in [-0.05, 0) is 13.8 Å². The Kier molecular flexibility index (Phi) is 6.93. The summed E-state index contributed by atoms with van der Waals surface area (Å²) in [6.07, 6.45) is 11.4. The molecule has 0 saturated heterocycles. The maximum absolute atomic E-state index is 5.59. The molecule has 0 aromatic heterocycles. The lowest BCUT2D eigenvalue weighted by molar-refractivity contribution is 0.0631. The van der Waals surface area contributed by atoms with E-state index in [9.17, 15) is 0 Å². The predicted octanol–water partition coefficient (Wildman–Crippen LogP) is 3.26. The first kappa shape index (κ1) is 11.9. The maximum Gasteiger partial charge on any atom is 0.0738 e. The quantitative estimate of drug-likeness (QED) is 0.567. The van der Waals surface area contributed by atoms with Crippen LogP contribution in [0.1, 0.15) is 13.8 Å². The number of hydrogen-bond donors (Lipinski definition) is 0. The summed E-state index contributed by atoms with van der Waals surface area (Å²) in [5.74, 6) is 0. The van der Waals surface area contributed by atoms with E-state index in [4.69, 9.17) is 4.74 Å². The summed E-state index contributed by atoms with van der Waals surface area (Å²) in [5, 5.41) is 0. The van der Waals surface area contributed by atoms with E-state index in [0.717, 1.165) is 0 Å². The second-order valence-corrected chi connectivity index (χ2v) is 2.79. The van der Waals surface area contributed by atoms with Crippen LogP contribution in [0.25, 0.3) is 0 Å². The summed E-state index contributed by atoms with van der Waals surface area (Å²) in [5.41, 5.74) is 0. The van der Waals surface area contributed by atoms with E-state index in [-0.39, 0.29) is 12.2 Å². The lowest BCUT2D eigenvalue weighted by Gasteiger charge is -2.12. The normalized spacial score (nSPS) is 16.2. The largest absolute Gasteiger partial charge is 0.367 e. The van der Waals surface area contributed by atoms with Gasteiger partial charge in [0.2, 0.25) is 0 Å². The van der Waals surface area contributed by atoms with Crippen molar-refractivity contribution >= 4 is 0 Å². The smallest absolute Gasteiger partial charge is 0.0738 e. The van der Waals surface area contributed by atoms with Gasteiger partial charge in [0.25, 0.3) is 0 Å². The Balaban J connectivity index is 3.82. The number of rotatable bonds is 6. The fraction of sp³-hybridized carbons (Fsp3) is 0.333. The Morgan fingerprint density at radius 1 is 0.923 bits per heavy atom.